The van der Waals surface area contributed by atoms with E-state index in [-0.39, 0.29) is 5.56 Å². The summed E-state index contributed by atoms with van der Waals surface area (Å²) in [4.78, 5) is 18.1. The van der Waals surface area contributed by atoms with E-state index in [1.54, 1.807) is 37.9 Å². The second-order valence-electron chi connectivity index (χ2n) is 5.56. The van der Waals surface area contributed by atoms with Crippen molar-refractivity contribution in [3.63, 3.8) is 0 Å². The molecule has 0 saturated heterocycles. The number of fused-ring (bicyclic) bond motifs is 3. The average Bonchev–Trinajstić information content (AvgIpc) is 3.17. The zero-order chi connectivity index (χ0) is 18.3. The monoisotopic (exact) mass is 368 g/mol. The maximum atomic E-state index is 12.9. The first-order valence-corrected chi connectivity index (χ1v) is 8.70. The standard InChI is InChI=1S/C19H16N2O4S/c1-23-14-9-8-11(16(24-2)17(14)25-3)10-15-18(22)21-13-7-5-4-6-12(13)20-19(21)26-15/h4-10H,1-3H3/b15-10-. The van der Waals surface area contributed by atoms with Crippen LogP contribution in [0, 0.1) is 0 Å². The summed E-state index contributed by atoms with van der Waals surface area (Å²) < 4.78 is 18.4. The molecule has 0 amide bonds. The van der Waals surface area contributed by atoms with Crippen LogP contribution in [0.25, 0.3) is 22.1 Å². The molecule has 0 radical (unpaired) electrons. The third-order valence-corrected chi connectivity index (χ3v) is 5.14. The van der Waals surface area contributed by atoms with E-state index in [4.69, 9.17) is 14.2 Å². The molecule has 2 heterocycles. The van der Waals surface area contributed by atoms with Gasteiger partial charge in [-0.15, -0.1) is 0 Å². The largest absolute Gasteiger partial charge is 0.493 e. The Morgan fingerprint density at radius 3 is 2.50 bits per heavy atom. The van der Waals surface area contributed by atoms with Crippen molar-refractivity contribution in [3.8, 4) is 17.2 Å². The van der Waals surface area contributed by atoms with E-state index in [1.165, 1.54) is 11.3 Å². The van der Waals surface area contributed by atoms with Gasteiger partial charge in [-0.05, 0) is 30.3 Å². The molecule has 7 heteroatoms. The van der Waals surface area contributed by atoms with Crippen molar-refractivity contribution in [1.29, 1.82) is 0 Å². The van der Waals surface area contributed by atoms with Crippen LogP contribution in [0.1, 0.15) is 5.56 Å². The van der Waals surface area contributed by atoms with Crippen LogP contribution in [0.15, 0.2) is 41.2 Å². The van der Waals surface area contributed by atoms with E-state index in [0.717, 1.165) is 16.6 Å². The van der Waals surface area contributed by atoms with Gasteiger partial charge in [0.1, 0.15) is 0 Å². The summed E-state index contributed by atoms with van der Waals surface area (Å²) in [5.74, 6) is 1.57. The van der Waals surface area contributed by atoms with Crippen molar-refractivity contribution in [2.75, 3.05) is 21.3 Å². The fourth-order valence-corrected chi connectivity index (χ4v) is 3.97. The zero-order valence-electron chi connectivity index (χ0n) is 14.5. The first kappa shape index (κ1) is 16.4. The van der Waals surface area contributed by atoms with Gasteiger partial charge in [0.15, 0.2) is 16.5 Å². The van der Waals surface area contributed by atoms with E-state index in [2.05, 4.69) is 4.98 Å². The summed E-state index contributed by atoms with van der Waals surface area (Å²) in [7, 11) is 4.67. The Kier molecular flexibility index (Phi) is 4.00. The van der Waals surface area contributed by atoms with Gasteiger partial charge in [0, 0.05) is 5.56 Å². The lowest BCUT2D eigenvalue weighted by atomic mass is 10.1. The van der Waals surface area contributed by atoms with Crippen LogP contribution in [0.5, 0.6) is 17.2 Å². The van der Waals surface area contributed by atoms with Crippen molar-refractivity contribution in [2.45, 2.75) is 0 Å². The van der Waals surface area contributed by atoms with Gasteiger partial charge in [0.2, 0.25) is 5.75 Å². The first-order valence-electron chi connectivity index (χ1n) is 7.88. The molecule has 2 aromatic heterocycles. The second kappa shape index (κ2) is 6.34. The number of aromatic nitrogens is 2. The molecule has 0 bridgehead atoms. The molecular weight excluding hydrogens is 352 g/mol. The smallest absolute Gasteiger partial charge is 0.274 e. The number of imidazole rings is 1. The molecule has 0 spiro atoms. The van der Waals surface area contributed by atoms with Crippen molar-refractivity contribution >= 4 is 33.4 Å². The molecular formula is C19H16N2O4S. The molecule has 0 atom stereocenters. The molecule has 132 valence electrons. The second-order valence-corrected chi connectivity index (χ2v) is 6.57. The maximum absolute atomic E-state index is 12.9. The number of hydrogen-bond donors (Lipinski definition) is 0. The molecule has 0 fully saturated rings. The van der Waals surface area contributed by atoms with E-state index in [0.29, 0.717) is 26.7 Å². The molecule has 0 aliphatic carbocycles. The highest BCUT2D eigenvalue weighted by Crippen LogP contribution is 2.40. The lowest BCUT2D eigenvalue weighted by Crippen LogP contribution is -2.22. The molecule has 0 saturated carbocycles. The van der Waals surface area contributed by atoms with E-state index in [1.807, 2.05) is 30.3 Å². The molecule has 4 rings (SSSR count). The Balaban J connectivity index is 1.97. The predicted octanol–water partition coefficient (Wildman–Crippen LogP) is 2.48. The summed E-state index contributed by atoms with van der Waals surface area (Å²) in [5, 5.41) is 0. The summed E-state index contributed by atoms with van der Waals surface area (Å²) >= 11 is 1.34. The van der Waals surface area contributed by atoms with Crippen LogP contribution in [0.3, 0.4) is 0 Å². The Morgan fingerprint density at radius 2 is 1.77 bits per heavy atom. The highest BCUT2D eigenvalue weighted by molar-refractivity contribution is 7.15. The van der Waals surface area contributed by atoms with Gasteiger partial charge in [-0.2, -0.15) is 0 Å². The van der Waals surface area contributed by atoms with Crippen LogP contribution < -0.4 is 24.3 Å². The summed E-state index contributed by atoms with van der Waals surface area (Å²) in [6.07, 6.45) is 1.79. The first-order chi connectivity index (χ1) is 12.7. The number of methoxy groups -OCH3 is 3. The van der Waals surface area contributed by atoms with Gasteiger partial charge in [0.05, 0.1) is 36.9 Å². The number of ether oxygens (including phenoxy) is 3. The Hall–Kier alpha value is -3.06. The van der Waals surface area contributed by atoms with Crippen LogP contribution in [-0.2, 0) is 0 Å². The van der Waals surface area contributed by atoms with E-state index >= 15 is 0 Å². The van der Waals surface area contributed by atoms with Gasteiger partial charge in [-0.1, -0.05) is 23.5 Å². The molecule has 0 N–H and O–H groups in total. The maximum Gasteiger partial charge on any atom is 0.274 e. The van der Waals surface area contributed by atoms with Crippen LogP contribution >= 0.6 is 11.3 Å². The topological polar surface area (TPSA) is 62.1 Å². The van der Waals surface area contributed by atoms with Crippen LogP contribution in [-0.4, -0.2) is 30.7 Å². The number of para-hydroxylation sites is 2. The van der Waals surface area contributed by atoms with Crippen molar-refractivity contribution in [3.05, 3.63) is 56.8 Å². The predicted molar refractivity (Wildman–Crippen MR) is 102 cm³/mol. The Bertz CT molecular complexity index is 1230. The third kappa shape index (κ3) is 2.40. The Labute approximate surface area is 152 Å². The fraction of sp³-hybridized carbons (Fsp3) is 0.158. The van der Waals surface area contributed by atoms with Crippen molar-refractivity contribution in [1.82, 2.24) is 9.38 Å². The van der Waals surface area contributed by atoms with E-state index < -0.39 is 0 Å². The summed E-state index contributed by atoms with van der Waals surface area (Å²) in [5.41, 5.74) is 2.25. The lowest BCUT2D eigenvalue weighted by molar-refractivity contribution is 0.324. The lowest BCUT2D eigenvalue weighted by Gasteiger charge is -2.13. The van der Waals surface area contributed by atoms with Gasteiger partial charge in [0.25, 0.3) is 5.56 Å². The van der Waals surface area contributed by atoms with Crippen molar-refractivity contribution < 1.29 is 14.2 Å². The molecule has 0 aliphatic rings. The molecule has 2 aromatic carbocycles. The molecule has 0 unspecified atom stereocenters. The quantitative estimate of drug-likeness (QED) is 0.554. The minimum Gasteiger partial charge on any atom is -0.493 e. The van der Waals surface area contributed by atoms with Crippen molar-refractivity contribution in [2.24, 2.45) is 0 Å². The molecule has 6 nitrogen and oxygen atoms in total. The Morgan fingerprint density at radius 1 is 1.00 bits per heavy atom. The minimum absolute atomic E-state index is 0.101. The average molecular weight is 368 g/mol. The molecule has 26 heavy (non-hydrogen) atoms. The van der Waals surface area contributed by atoms with Gasteiger partial charge >= 0.3 is 0 Å². The highest BCUT2D eigenvalue weighted by Gasteiger charge is 2.16. The summed E-state index contributed by atoms with van der Waals surface area (Å²) in [6.45, 7) is 0. The van der Waals surface area contributed by atoms with Gasteiger partial charge < -0.3 is 14.2 Å². The van der Waals surface area contributed by atoms with Gasteiger partial charge in [-0.25, -0.2) is 9.38 Å². The number of rotatable bonds is 4. The third-order valence-electron chi connectivity index (χ3n) is 4.17. The van der Waals surface area contributed by atoms with Crippen LogP contribution in [0.4, 0.5) is 0 Å². The summed E-state index contributed by atoms with van der Waals surface area (Å²) in [6, 6.07) is 11.2. The number of thiazole rings is 1. The fourth-order valence-electron chi connectivity index (χ4n) is 2.99. The van der Waals surface area contributed by atoms with Gasteiger partial charge in [-0.3, -0.25) is 4.79 Å². The number of benzene rings is 2. The molecule has 4 aromatic rings. The molecule has 0 aliphatic heterocycles. The highest BCUT2D eigenvalue weighted by atomic mass is 32.1. The SMILES string of the molecule is COc1ccc(/C=c2\sc3nc4ccccc4n3c2=O)c(OC)c1OC. The normalized spacial score (nSPS) is 12.0. The zero-order valence-corrected chi connectivity index (χ0v) is 15.3. The number of hydrogen-bond acceptors (Lipinski definition) is 6. The minimum atomic E-state index is -0.101. The number of nitrogens with zero attached hydrogens (tertiary/aromatic N) is 2. The van der Waals surface area contributed by atoms with E-state index in [9.17, 15) is 4.79 Å². The van der Waals surface area contributed by atoms with Crippen LogP contribution in [0.2, 0.25) is 0 Å².